The zero-order valence-electron chi connectivity index (χ0n) is 7.73. The van der Waals surface area contributed by atoms with Crippen LogP contribution in [0.1, 0.15) is 0 Å². The molecule has 2 rings (SSSR count). The molecule has 16 heavy (non-hydrogen) atoms. The van der Waals surface area contributed by atoms with Crippen LogP contribution in [0.15, 0.2) is 24.3 Å². The molecule has 0 N–H and O–H groups in total. The fraction of sp³-hybridized carbons (Fsp3) is 0.111. The van der Waals surface area contributed by atoms with Crippen LogP contribution in [0.2, 0.25) is 4.47 Å². The van der Waals surface area contributed by atoms with Crippen molar-refractivity contribution in [3.63, 3.8) is 0 Å². The fourth-order valence-corrected chi connectivity index (χ4v) is 1.93. The van der Waals surface area contributed by atoms with E-state index >= 15 is 0 Å². The van der Waals surface area contributed by atoms with Crippen LogP contribution >= 0.6 is 22.9 Å². The summed E-state index contributed by atoms with van der Waals surface area (Å²) in [6, 6.07) is 6.12. The molecule has 0 saturated carbocycles. The van der Waals surface area contributed by atoms with Gasteiger partial charge in [0.2, 0.25) is 4.47 Å². The Labute approximate surface area is 98.6 Å². The number of ether oxygens (including phenoxy) is 1. The van der Waals surface area contributed by atoms with Gasteiger partial charge in [0.05, 0.1) is 0 Å². The highest BCUT2D eigenvalue weighted by Crippen LogP contribution is 2.27. The van der Waals surface area contributed by atoms with Crippen molar-refractivity contribution in [2.24, 2.45) is 0 Å². The standard InChI is InChI=1S/C9H5ClF2N2OS/c10-8-14-13-7(16-8)5-1-3-6(4-2-5)15-9(11)12/h1-4,9H. The predicted octanol–water partition coefficient (Wildman–Crippen LogP) is 3.46. The van der Waals surface area contributed by atoms with Crippen LogP contribution in [-0.4, -0.2) is 16.8 Å². The molecule has 0 bridgehead atoms. The van der Waals surface area contributed by atoms with Gasteiger partial charge in [0, 0.05) is 5.56 Å². The Hall–Kier alpha value is -1.27. The summed E-state index contributed by atoms with van der Waals surface area (Å²) in [5, 5.41) is 8.10. The van der Waals surface area contributed by atoms with E-state index in [1.807, 2.05) is 0 Å². The van der Waals surface area contributed by atoms with Crippen molar-refractivity contribution in [1.29, 1.82) is 0 Å². The molecule has 2 aromatic rings. The number of halogens is 3. The van der Waals surface area contributed by atoms with E-state index in [1.54, 1.807) is 12.1 Å². The Morgan fingerprint density at radius 3 is 2.38 bits per heavy atom. The lowest BCUT2D eigenvalue weighted by Gasteiger charge is -2.03. The number of hydrogen-bond acceptors (Lipinski definition) is 4. The summed E-state index contributed by atoms with van der Waals surface area (Å²) in [6.45, 7) is -2.82. The molecule has 0 spiro atoms. The van der Waals surface area contributed by atoms with Crippen LogP contribution < -0.4 is 4.74 Å². The molecular weight excluding hydrogens is 258 g/mol. The maximum Gasteiger partial charge on any atom is 0.387 e. The van der Waals surface area contributed by atoms with Crippen LogP contribution in [0.25, 0.3) is 10.6 Å². The molecule has 0 aliphatic carbocycles. The van der Waals surface area contributed by atoms with E-state index in [-0.39, 0.29) is 5.75 Å². The van der Waals surface area contributed by atoms with Crippen molar-refractivity contribution in [1.82, 2.24) is 10.2 Å². The second-order valence-electron chi connectivity index (χ2n) is 2.76. The molecule has 1 aromatic carbocycles. The minimum absolute atomic E-state index is 0.106. The van der Waals surface area contributed by atoms with Crippen LogP contribution in [0.4, 0.5) is 8.78 Å². The third-order valence-electron chi connectivity index (χ3n) is 1.73. The lowest BCUT2D eigenvalue weighted by atomic mass is 10.2. The summed E-state index contributed by atoms with van der Waals surface area (Å²) in [5.74, 6) is 0.106. The highest BCUT2D eigenvalue weighted by molar-refractivity contribution is 7.18. The Balaban J connectivity index is 2.19. The average Bonchev–Trinajstić information content (AvgIpc) is 2.65. The van der Waals surface area contributed by atoms with Crippen molar-refractivity contribution in [3.8, 4) is 16.3 Å². The lowest BCUT2D eigenvalue weighted by molar-refractivity contribution is -0.0498. The summed E-state index contributed by atoms with van der Waals surface area (Å²) in [5.41, 5.74) is 0.756. The van der Waals surface area contributed by atoms with Gasteiger partial charge in [-0.2, -0.15) is 8.78 Å². The Morgan fingerprint density at radius 1 is 1.19 bits per heavy atom. The van der Waals surface area contributed by atoms with E-state index in [9.17, 15) is 8.78 Å². The van der Waals surface area contributed by atoms with Gasteiger partial charge < -0.3 is 4.74 Å². The van der Waals surface area contributed by atoms with E-state index < -0.39 is 6.61 Å². The molecule has 1 heterocycles. The second-order valence-corrected chi connectivity index (χ2v) is 4.32. The van der Waals surface area contributed by atoms with Gasteiger partial charge in [0.1, 0.15) is 10.8 Å². The smallest absolute Gasteiger partial charge is 0.387 e. The predicted molar refractivity (Wildman–Crippen MR) is 57.0 cm³/mol. The molecule has 7 heteroatoms. The largest absolute Gasteiger partial charge is 0.435 e. The second kappa shape index (κ2) is 4.71. The highest BCUT2D eigenvalue weighted by Gasteiger charge is 2.07. The van der Waals surface area contributed by atoms with Crippen LogP contribution in [0.5, 0.6) is 5.75 Å². The van der Waals surface area contributed by atoms with E-state index in [4.69, 9.17) is 11.6 Å². The van der Waals surface area contributed by atoms with Gasteiger partial charge in [-0.25, -0.2) is 0 Å². The van der Waals surface area contributed by atoms with Gasteiger partial charge in [-0.3, -0.25) is 0 Å². The van der Waals surface area contributed by atoms with Gasteiger partial charge in [-0.15, -0.1) is 10.2 Å². The van der Waals surface area contributed by atoms with E-state index in [0.29, 0.717) is 9.47 Å². The summed E-state index contributed by atoms with van der Waals surface area (Å²) in [4.78, 5) is 0. The molecule has 0 unspecified atom stereocenters. The first-order valence-corrected chi connectivity index (χ1v) is 5.39. The molecule has 0 radical (unpaired) electrons. The zero-order valence-corrected chi connectivity index (χ0v) is 9.30. The molecule has 1 aromatic heterocycles. The highest BCUT2D eigenvalue weighted by atomic mass is 35.5. The van der Waals surface area contributed by atoms with Gasteiger partial charge >= 0.3 is 6.61 Å². The van der Waals surface area contributed by atoms with Crippen molar-refractivity contribution >= 4 is 22.9 Å². The van der Waals surface area contributed by atoms with Crippen LogP contribution in [0.3, 0.4) is 0 Å². The SMILES string of the molecule is FC(F)Oc1ccc(-c2nnc(Cl)s2)cc1. The molecule has 3 nitrogen and oxygen atoms in total. The van der Waals surface area contributed by atoms with Crippen LogP contribution in [0, 0.1) is 0 Å². The Kier molecular flexibility index (Phi) is 3.31. The summed E-state index contributed by atoms with van der Waals surface area (Å²) < 4.78 is 28.3. The van der Waals surface area contributed by atoms with Gasteiger partial charge in [0.15, 0.2) is 0 Å². The molecule has 0 atom stereocenters. The first-order chi connectivity index (χ1) is 7.65. The summed E-state index contributed by atoms with van der Waals surface area (Å²) >= 11 is 6.85. The number of alkyl halides is 2. The van der Waals surface area contributed by atoms with E-state index in [0.717, 1.165) is 5.56 Å². The third-order valence-corrected chi connectivity index (χ3v) is 2.79. The Bertz CT molecular complexity index is 475. The molecule has 84 valence electrons. The molecule has 0 fully saturated rings. The van der Waals surface area contributed by atoms with Crippen LogP contribution in [-0.2, 0) is 0 Å². The molecular formula is C9H5ClF2N2OS. The van der Waals surface area contributed by atoms with Crippen molar-refractivity contribution < 1.29 is 13.5 Å². The van der Waals surface area contributed by atoms with E-state index in [2.05, 4.69) is 14.9 Å². The van der Waals surface area contributed by atoms with E-state index in [1.165, 1.54) is 23.5 Å². The third kappa shape index (κ3) is 2.65. The van der Waals surface area contributed by atoms with Gasteiger partial charge in [-0.05, 0) is 35.9 Å². The van der Waals surface area contributed by atoms with Gasteiger partial charge in [-0.1, -0.05) is 11.3 Å². The summed E-state index contributed by atoms with van der Waals surface area (Å²) in [6.07, 6.45) is 0. The van der Waals surface area contributed by atoms with Gasteiger partial charge in [0.25, 0.3) is 0 Å². The van der Waals surface area contributed by atoms with Crippen molar-refractivity contribution in [2.45, 2.75) is 6.61 Å². The van der Waals surface area contributed by atoms with Crippen molar-refractivity contribution in [2.75, 3.05) is 0 Å². The zero-order chi connectivity index (χ0) is 11.5. The first kappa shape index (κ1) is 11.2. The quantitative estimate of drug-likeness (QED) is 0.850. The summed E-state index contributed by atoms with van der Waals surface area (Å²) in [7, 11) is 0. The fourth-order valence-electron chi connectivity index (χ4n) is 1.10. The maximum absolute atomic E-state index is 11.9. The lowest BCUT2D eigenvalue weighted by Crippen LogP contribution is -2.01. The molecule has 0 aliphatic rings. The number of hydrogen-bond donors (Lipinski definition) is 0. The maximum atomic E-state index is 11.9. The number of rotatable bonds is 3. The number of aromatic nitrogens is 2. The minimum atomic E-state index is -2.82. The molecule has 0 saturated heterocycles. The first-order valence-electron chi connectivity index (χ1n) is 4.19. The monoisotopic (exact) mass is 262 g/mol. The topological polar surface area (TPSA) is 35.0 Å². The number of nitrogens with zero attached hydrogens (tertiary/aromatic N) is 2. The average molecular weight is 263 g/mol. The number of benzene rings is 1. The molecule has 0 amide bonds. The Morgan fingerprint density at radius 2 is 1.88 bits per heavy atom. The van der Waals surface area contributed by atoms with Crippen molar-refractivity contribution in [3.05, 3.63) is 28.7 Å². The normalized spacial score (nSPS) is 10.8. The molecule has 0 aliphatic heterocycles. The minimum Gasteiger partial charge on any atom is -0.435 e.